The van der Waals surface area contributed by atoms with E-state index < -0.39 is 0 Å². The molecule has 0 aliphatic heterocycles. The van der Waals surface area contributed by atoms with Crippen LogP contribution < -0.4 is 11.3 Å². The van der Waals surface area contributed by atoms with E-state index in [0.717, 1.165) is 10.6 Å². The number of carbonyl (C=O) groups is 1. The quantitative estimate of drug-likeness (QED) is 0.488. The van der Waals surface area contributed by atoms with E-state index in [2.05, 4.69) is 17.2 Å². The Morgan fingerprint density at radius 3 is 2.61 bits per heavy atom. The maximum atomic E-state index is 11.4. The summed E-state index contributed by atoms with van der Waals surface area (Å²) in [6.07, 6.45) is 0. The monoisotopic (exact) mass is 269 g/mol. The van der Waals surface area contributed by atoms with Gasteiger partial charge in [0.1, 0.15) is 0 Å². The molecule has 0 heterocycles. The van der Waals surface area contributed by atoms with Crippen LogP contribution in [0.1, 0.15) is 25.5 Å². The first kappa shape index (κ1) is 15.0. The number of hydrogen-bond donors (Lipinski definition) is 2. The minimum absolute atomic E-state index is 0.145. The largest absolute Gasteiger partial charge is 0.299 e. The summed E-state index contributed by atoms with van der Waals surface area (Å²) < 4.78 is 0. The van der Waals surface area contributed by atoms with Crippen LogP contribution in [0.15, 0.2) is 24.3 Å². The van der Waals surface area contributed by atoms with Crippen LogP contribution in [-0.4, -0.2) is 24.4 Å². The average molecular weight is 270 g/mol. The summed E-state index contributed by atoms with van der Waals surface area (Å²) in [5.74, 6) is 4.80. The maximum Gasteiger partial charge on any atom is 0.237 e. The van der Waals surface area contributed by atoms with Gasteiger partial charge in [0, 0.05) is 23.5 Å². The Kier molecular flexibility index (Phi) is 5.59. The van der Waals surface area contributed by atoms with E-state index in [4.69, 9.17) is 17.4 Å². The van der Waals surface area contributed by atoms with Gasteiger partial charge in [-0.05, 0) is 25.6 Å². The van der Waals surface area contributed by atoms with E-state index >= 15 is 0 Å². The van der Waals surface area contributed by atoms with Gasteiger partial charge in [-0.15, -0.1) is 0 Å². The second-order valence-corrected chi connectivity index (χ2v) is 4.95. The molecule has 0 radical (unpaired) electrons. The molecule has 18 heavy (non-hydrogen) atoms. The summed E-state index contributed by atoms with van der Waals surface area (Å²) in [7, 11) is 1.97. The summed E-state index contributed by atoms with van der Waals surface area (Å²) in [4.78, 5) is 13.5. The third-order valence-corrected chi connectivity index (χ3v) is 3.51. The van der Waals surface area contributed by atoms with Crippen LogP contribution in [0.25, 0.3) is 0 Å². The van der Waals surface area contributed by atoms with Gasteiger partial charge in [-0.3, -0.25) is 15.1 Å². The number of nitrogens with two attached hydrogens (primary N) is 1. The summed E-state index contributed by atoms with van der Waals surface area (Å²) in [5.41, 5.74) is 3.23. The minimum Gasteiger partial charge on any atom is -0.299 e. The maximum absolute atomic E-state index is 11.4. The van der Waals surface area contributed by atoms with Crippen molar-refractivity contribution in [2.24, 2.45) is 11.8 Å². The van der Waals surface area contributed by atoms with Crippen LogP contribution in [0.5, 0.6) is 0 Å². The number of rotatable bonds is 5. The summed E-state index contributed by atoms with van der Waals surface area (Å²) in [6, 6.07) is 7.88. The molecule has 2 unspecified atom stereocenters. The number of hydrogen-bond acceptors (Lipinski definition) is 3. The van der Waals surface area contributed by atoms with Crippen molar-refractivity contribution in [3.8, 4) is 0 Å². The number of amides is 1. The van der Waals surface area contributed by atoms with Crippen molar-refractivity contribution in [1.82, 2.24) is 10.3 Å². The van der Waals surface area contributed by atoms with Crippen LogP contribution in [0, 0.1) is 5.92 Å². The van der Waals surface area contributed by atoms with Gasteiger partial charge in [-0.2, -0.15) is 0 Å². The molecule has 0 saturated heterocycles. The summed E-state index contributed by atoms with van der Waals surface area (Å²) >= 11 is 6.16. The third kappa shape index (κ3) is 3.70. The molecule has 0 aliphatic carbocycles. The van der Waals surface area contributed by atoms with Gasteiger partial charge in [-0.25, -0.2) is 5.84 Å². The van der Waals surface area contributed by atoms with Crippen molar-refractivity contribution in [2.75, 3.05) is 13.6 Å². The lowest BCUT2D eigenvalue weighted by molar-refractivity contribution is -0.125. The van der Waals surface area contributed by atoms with Crippen molar-refractivity contribution in [2.45, 2.75) is 19.9 Å². The van der Waals surface area contributed by atoms with E-state index in [1.165, 1.54) is 0 Å². The molecule has 0 saturated carbocycles. The van der Waals surface area contributed by atoms with Crippen LogP contribution in [0.2, 0.25) is 5.02 Å². The highest BCUT2D eigenvalue weighted by molar-refractivity contribution is 6.31. The Morgan fingerprint density at radius 1 is 1.44 bits per heavy atom. The second-order valence-electron chi connectivity index (χ2n) is 4.55. The lowest BCUT2D eigenvalue weighted by Crippen LogP contribution is -2.40. The zero-order valence-corrected chi connectivity index (χ0v) is 11.7. The molecule has 2 atom stereocenters. The van der Waals surface area contributed by atoms with E-state index in [9.17, 15) is 4.79 Å². The summed E-state index contributed by atoms with van der Waals surface area (Å²) in [5, 5.41) is 0.743. The fraction of sp³-hybridized carbons (Fsp3) is 0.462. The number of hydrazine groups is 1. The van der Waals surface area contributed by atoms with Crippen molar-refractivity contribution in [3.63, 3.8) is 0 Å². The van der Waals surface area contributed by atoms with Gasteiger partial charge in [-0.1, -0.05) is 36.7 Å². The Labute approximate surface area is 113 Å². The molecule has 100 valence electrons. The smallest absolute Gasteiger partial charge is 0.237 e. The molecule has 3 N–H and O–H groups in total. The zero-order valence-electron chi connectivity index (χ0n) is 11.0. The Morgan fingerprint density at radius 2 is 2.06 bits per heavy atom. The van der Waals surface area contributed by atoms with Crippen molar-refractivity contribution < 1.29 is 4.79 Å². The number of halogens is 1. The molecular weight excluding hydrogens is 250 g/mol. The third-order valence-electron chi connectivity index (χ3n) is 3.17. The second kappa shape index (κ2) is 6.73. The number of carbonyl (C=O) groups excluding carboxylic acids is 1. The van der Waals surface area contributed by atoms with E-state index in [0.29, 0.717) is 6.54 Å². The standard InChI is InChI=1S/C13H20ClN3O/c1-9(13(18)16-15)8-17(3)10(2)11-6-4-5-7-12(11)14/h4-7,9-10H,8,15H2,1-3H3,(H,16,18). The molecule has 0 aromatic heterocycles. The molecule has 1 aromatic carbocycles. The van der Waals surface area contributed by atoms with Crippen LogP contribution >= 0.6 is 11.6 Å². The van der Waals surface area contributed by atoms with Gasteiger partial charge in [0.25, 0.3) is 0 Å². The summed E-state index contributed by atoms with van der Waals surface area (Å²) in [6.45, 7) is 4.53. The fourth-order valence-electron chi connectivity index (χ4n) is 1.87. The SMILES string of the molecule is CC(CN(C)C(C)c1ccccc1Cl)C(=O)NN. The Hall–Kier alpha value is -1.10. The number of nitrogens with zero attached hydrogens (tertiary/aromatic N) is 1. The molecule has 5 heteroatoms. The highest BCUT2D eigenvalue weighted by Crippen LogP contribution is 2.26. The highest BCUT2D eigenvalue weighted by atomic mass is 35.5. The molecule has 0 spiro atoms. The minimum atomic E-state index is -0.162. The zero-order chi connectivity index (χ0) is 13.7. The number of benzene rings is 1. The predicted octanol–water partition coefficient (Wildman–Crippen LogP) is 1.96. The van der Waals surface area contributed by atoms with Crippen molar-refractivity contribution >= 4 is 17.5 Å². The topological polar surface area (TPSA) is 58.4 Å². The first-order valence-corrected chi connectivity index (χ1v) is 6.30. The van der Waals surface area contributed by atoms with Gasteiger partial charge in [0.15, 0.2) is 0 Å². The van der Waals surface area contributed by atoms with E-state index in [1.54, 1.807) is 0 Å². The van der Waals surface area contributed by atoms with Crippen molar-refractivity contribution in [3.05, 3.63) is 34.9 Å². The van der Waals surface area contributed by atoms with Crippen LogP contribution in [0.4, 0.5) is 0 Å². The lowest BCUT2D eigenvalue weighted by Gasteiger charge is -2.27. The predicted molar refractivity (Wildman–Crippen MR) is 74.0 cm³/mol. The molecule has 1 rings (SSSR count). The normalized spacial score (nSPS) is 14.3. The Bertz CT molecular complexity index is 411. The molecule has 0 bridgehead atoms. The van der Waals surface area contributed by atoms with Gasteiger partial charge in [0.2, 0.25) is 5.91 Å². The highest BCUT2D eigenvalue weighted by Gasteiger charge is 2.19. The van der Waals surface area contributed by atoms with E-state index in [-0.39, 0.29) is 17.9 Å². The van der Waals surface area contributed by atoms with Crippen molar-refractivity contribution in [1.29, 1.82) is 0 Å². The molecule has 1 amide bonds. The van der Waals surface area contributed by atoms with Crippen LogP contribution in [0.3, 0.4) is 0 Å². The number of nitrogens with one attached hydrogen (secondary N) is 1. The first-order chi connectivity index (χ1) is 8.47. The van der Waals surface area contributed by atoms with Gasteiger partial charge >= 0.3 is 0 Å². The Balaban J connectivity index is 2.70. The molecule has 0 aliphatic rings. The molecule has 1 aromatic rings. The van der Waals surface area contributed by atoms with Crippen LogP contribution in [-0.2, 0) is 4.79 Å². The lowest BCUT2D eigenvalue weighted by atomic mass is 10.1. The average Bonchev–Trinajstić information content (AvgIpc) is 2.37. The molecule has 0 fully saturated rings. The fourth-order valence-corrected chi connectivity index (χ4v) is 2.16. The van der Waals surface area contributed by atoms with Gasteiger partial charge < -0.3 is 0 Å². The van der Waals surface area contributed by atoms with E-state index in [1.807, 2.05) is 38.2 Å². The first-order valence-electron chi connectivity index (χ1n) is 5.92. The molecule has 4 nitrogen and oxygen atoms in total. The van der Waals surface area contributed by atoms with Gasteiger partial charge in [0.05, 0.1) is 0 Å². The molecular formula is C13H20ClN3O.